The summed E-state index contributed by atoms with van der Waals surface area (Å²) in [5.41, 5.74) is 1.80. The van der Waals surface area contributed by atoms with Crippen molar-refractivity contribution in [3.63, 3.8) is 0 Å². The maximum Gasteiger partial charge on any atom is 0.293 e. The van der Waals surface area contributed by atoms with E-state index in [9.17, 15) is 9.59 Å². The van der Waals surface area contributed by atoms with Crippen LogP contribution in [0.5, 0.6) is 0 Å². The van der Waals surface area contributed by atoms with Crippen molar-refractivity contribution in [2.75, 3.05) is 0 Å². The lowest BCUT2D eigenvalue weighted by Gasteiger charge is -2.12. The lowest BCUT2D eigenvalue weighted by atomic mass is 10.2. The number of carbonyl (C=O) groups excluding carboxylic acids is 2. The molecular formula is C17H11Br2NO2S. The van der Waals surface area contributed by atoms with Gasteiger partial charge in [0.05, 0.1) is 11.4 Å². The molecule has 116 valence electrons. The van der Waals surface area contributed by atoms with Gasteiger partial charge in [0.2, 0.25) is 0 Å². The third-order valence-corrected chi connectivity index (χ3v) is 5.20. The van der Waals surface area contributed by atoms with Crippen molar-refractivity contribution in [3.8, 4) is 0 Å². The number of imide groups is 1. The van der Waals surface area contributed by atoms with E-state index in [0.29, 0.717) is 4.91 Å². The van der Waals surface area contributed by atoms with Crippen LogP contribution in [0.15, 0.2) is 62.4 Å². The molecule has 6 heteroatoms. The van der Waals surface area contributed by atoms with Crippen LogP contribution in [0.4, 0.5) is 4.79 Å². The summed E-state index contributed by atoms with van der Waals surface area (Å²) in [5.74, 6) is -0.247. The summed E-state index contributed by atoms with van der Waals surface area (Å²) >= 11 is 7.75. The number of benzene rings is 2. The summed E-state index contributed by atoms with van der Waals surface area (Å²) in [5, 5.41) is -0.237. The predicted molar refractivity (Wildman–Crippen MR) is 99.8 cm³/mol. The van der Waals surface area contributed by atoms with Crippen molar-refractivity contribution < 1.29 is 9.59 Å². The molecule has 1 aliphatic rings. The summed E-state index contributed by atoms with van der Waals surface area (Å²) in [4.78, 5) is 26.3. The van der Waals surface area contributed by atoms with Crippen LogP contribution in [0.1, 0.15) is 11.1 Å². The third kappa shape index (κ3) is 3.94. The van der Waals surface area contributed by atoms with Crippen LogP contribution in [0.3, 0.4) is 0 Å². The number of thioether (sulfide) groups is 1. The Morgan fingerprint density at radius 3 is 2.43 bits per heavy atom. The molecule has 1 heterocycles. The predicted octanol–water partition coefficient (Wildman–Crippen LogP) is 5.45. The first kappa shape index (κ1) is 16.5. The van der Waals surface area contributed by atoms with Crippen molar-refractivity contribution >= 4 is 60.8 Å². The fourth-order valence-electron chi connectivity index (χ4n) is 2.16. The zero-order valence-electron chi connectivity index (χ0n) is 11.8. The standard InChI is InChI=1S/C17H11Br2NO2S/c18-13-6-4-11(5-7-13)10-20-16(21)15(23-17(20)22)9-12-2-1-3-14(19)8-12/h1-9H,10H2/b15-9-. The van der Waals surface area contributed by atoms with Gasteiger partial charge in [-0.2, -0.15) is 0 Å². The molecule has 0 saturated carbocycles. The summed E-state index contributed by atoms with van der Waals surface area (Å²) in [6, 6.07) is 15.2. The van der Waals surface area contributed by atoms with Crippen molar-refractivity contribution in [3.05, 3.63) is 73.5 Å². The summed E-state index contributed by atoms with van der Waals surface area (Å²) in [6.45, 7) is 0.285. The Balaban J connectivity index is 1.81. The summed E-state index contributed by atoms with van der Waals surface area (Å²) in [7, 11) is 0. The van der Waals surface area contributed by atoms with Gasteiger partial charge in [-0.1, -0.05) is 56.1 Å². The molecule has 0 aliphatic carbocycles. The van der Waals surface area contributed by atoms with Crippen molar-refractivity contribution in [1.29, 1.82) is 0 Å². The van der Waals surface area contributed by atoms with Crippen LogP contribution in [-0.4, -0.2) is 16.0 Å². The number of nitrogens with zero attached hydrogens (tertiary/aromatic N) is 1. The molecule has 1 aliphatic heterocycles. The van der Waals surface area contributed by atoms with Crippen LogP contribution >= 0.6 is 43.6 Å². The largest absolute Gasteiger partial charge is 0.293 e. The number of rotatable bonds is 3. The van der Waals surface area contributed by atoms with Crippen molar-refractivity contribution in [1.82, 2.24) is 4.90 Å². The monoisotopic (exact) mass is 451 g/mol. The molecule has 3 rings (SSSR count). The number of halogens is 2. The lowest BCUT2D eigenvalue weighted by Crippen LogP contribution is -2.27. The highest BCUT2D eigenvalue weighted by Crippen LogP contribution is 2.33. The molecular weight excluding hydrogens is 442 g/mol. The fourth-order valence-corrected chi connectivity index (χ4v) is 3.68. The van der Waals surface area contributed by atoms with Gasteiger partial charge in [0.15, 0.2) is 0 Å². The summed E-state index contributed by atoms with van der Waals surface area (Å²) < 4.78 is 1.89. The van der Waals surface area contributed by atoms with E-state index in [0.717, 1.165) is 31.8 Å². The van der Waals surface area contributed by atoms with E-state index in [1.54, 1.807) is 6.08 Å². The number of amides is 2. The SMILES string of the molecule is O=C1S/C(=C\c2cccc(Br)c2)C(=O)N1Cc1ccc(Br)cc1. The average Bonchev–Trinajstić information content (AvgIpc) is 2.77. The van der Waals surface area contributed by atoms with E-state index in [1.165, 1.54) is 4.90 Å². The maximum atomic E-state index is 12.5. The first-order valence-electron chi connectivity index (χ1n) is 6.78. The van der Waals surface area contributed by atoms with E-state index in [1.807, 2.05) is 48.5 Å². The Labute approximate surface area is 155 Å². The van der Waals surface area contributed by atoms with Crippen LogP contribution in [0, 0.1) is 0 Å². The van der Waals surface area contributed by atoms with Crippen molar-refractivity contribution in [2.24, 2.45) is 0 Å². The van der Waals surface area contributed by atoms with Gasteiger partial charge in [0.25, 0.3) is 11.1 Å². The molecule has 2 aromatic carbocycles. The minimum atomic E-state index is -0.247. The van der Waals surface area contributed by atoms with Crippen LogP contribution in [-0.2, 0) is 11.3 Å². The molecule has 0 atom stereocenters. The van der Waals surface area contributed by atoms with Gasteiger partial charge >= 0.3 is 0 Å². The van der Waals surface area contributed by atoms with Gasteiger partial charge in [0, 0.05) is 8.95 Å². The second kappa shape index (κ2) is 7.03. The molecule has 2 aromatic rings. The first-order chi connectivity index (χ1) is 11.0. The van der Waals surface area contributed by atoms with E-state index >= 15 is 0 Å². The minimum Gasteiger partial charge on any atom is -0.268 e. The molecule has 2 amide bonds. The molecule has 0 unspecified atom stereocenters. The second-order valence-corrected chi connectivity index (χ2v) is 7.77. The Morgan fingerprint density at radius 2 is 1.74 bits per heavy atom. The van der Waals surface area contributed by atoms with Gasteiger partial charge < -0.3 is 0 Å². The second-order valence-electron chi connectivity index (χ2n) is 4.95. The molecule has 0 bridgehead atoms. The van der Waals surface area contributed by atoms with Crippen molar-refractivity contribution in [2.45, 2.75) is 6.54 Å². The van der Waals surface area contributed by atoms with Crippen LogP contribution in [0.25, 0.3) is 6.08 Å². The smallest absolute Gasteiger partial charge is 0.268 e. The highest BCUT2D eigenvalue weighted by Gasteiger charge is 2.34. The zero-order valence-corrected chi connectivity index (χ0v) is 15.8. The van der Waals surface area contributed by atoms with Crippen LogP contribution < -0.4 is 0 Å². The molecule has 0 aromatic heterocycles. The lowest BCUT2D eigenvalue weighted by molar-refractivity contribution is -0.123. The Morgan fingerprint density at radius 1 is 1.00 bits per heavy atom. The fraction of sp³-hybridized carbons (Fsp3) is 0.0588. The quantitative estimate of drug-likeness (QED) is 0.581. The molecule has 0 radical (unpaired) electrons. The molecule has 0 spiro atoms. The average molecular weight is 453 g/mol. The highest BCUT2D eigenvalue weighted by molar-refractivity contribution is 9.10. The maximum absolute atomic E-state index is 12.5. The third-order valence-electron chi connectivity index (χ3n) is 3.27. The Bertz CT molecular complexity index is 802. The van der Waals surface area contributed by atoms with E-state index in [2.05, 4.69) is 31.9 Å². The van der Waals surface area contributed by atoms with Gasteiger partial charge in [-0.15, -0.1) is 0 Å². The summed E-state index contributed by atoms with van der Waals surface area (Å²) in [6.07, 6.45) is 1.75. The minimum absolute atomic E-state index is 0.237. The molecule has 1 fully saturated rings. The van der Waals surface area contributed by atoms with Gasteiger partial charge in [-0.05, 0) is 53.2 Å². The zero-order chi connectivity index (χ0) is 16.4. The van der Waals surface area contributed by atoms with Gasteiger partial charge in [-0.25, -0.2) is 0 Å². The number of hydrogen-bond acceptors (Lipinski definition) is 3. The normalized spacial score (nSPS) is 16.4. The number of hydrogen-bond donors (Lipinski definition) is 0. The van der Waals surface area contributed by atoms with Crippen LogP contribution in [0.2, 0.25) is 0 Å². The molecule has 23 heavy (non-hydrogen) atoms. The number of carbonyl (C=O) groups is 2. The molecule has 1 saturated heterocycles. The van der Waals surface area contributed by atoms with E-state index in [-0.39, 0.29) is 17.7 Å². The highest BCUT2D eigenvalue weighted by atomic mass is 79.9. The Kier molecular flexibility index (Phi) is 5.04. The molecule has 3 nitrogen and oxygen atoms in total. The van der Waals surface area contributed by atoms with Gasteiger partial charge in [0.1, 0.15) is 0 Å². The topological polar surface area (TPSA) is 37.4 Å². The van der Waals surface area contributed by atoms with Gasteiger partial charge in [-0.3, -0.25) is 14.5 Å². The first-order valence-corrected chi connectivity index (χ1v) is 9.18. The van der Waals surface area contributed by atoms with E-state index < -0.39 is 0 Å². The van der Waals surface area contributed by atoms with E-state index in [4.69, 9.17) is 0 Å². The molecule has 0 N–H and O–H groups in total. The Hall–Kier alpha value is -1.37.